The first kappa shape index (κ1) is 13.0. The molecule has 1 aromatic rings. The molecule has 8 heteroatoms. The molecule has 0 radical (unpaired) electrons. The minimum absolute atomic E-state index is 0.0431. The van der Waals surface area contributed by atoms with Crippen LogP contribution in [0.15, 0.2) is 18.2 Å². The van der Waals surface area contributed by atoms with Crippen molar-refractivity contribution in [2.75, 3.05) is 13.1 Å². The number of carboxylic acid groups (broad SMARTS) is 1. The number of nitrogens with one attached hydrogen (secondary N) is 1. The smallest absolute Gasteiger partial charge is 0.343 e. The summed E-state index contributed by atoms with van der Waals surface area (Å²) in [7, 11) is 0. The maximum atomic E-state index is 11.0. The number of nitrogens with zero attached hydrogens (tertiary/aromatic N) is 1. The first-order chi connectivity index (χ1) is 9.02. The number of urea groups is 1. The van der Waals surface area contributed by atoms with Crippen LogP contribution in [0.2, 0.25) is 0 Å². The largest absolute Gasteiger partial charge is 0.507 e. The molecule has 1 saturated heterocycles. The second-order valence-corrected chi connectivity index (χ2v) is 4.02. The quantitative estimate of drug-likeness (QED) is 0.461. The first-order valence-corrected chi connectivity index (χ1v) is 5.44. The molecule has 0 aromatic heterocycles. The van der Waals surface area contributed by atoms with Crippen LogP contribution in [0, 0.1) is 0 Å². The fraction of sp³-hybridized carbons (Fsp3) is 0.273. The van der Waals surface area contributed by atoms with E-state index in [1.54, 1.807) is 0 Å². The third-order valence-corrected chi connectivity index (χ3v) is 2.74. The summed E-state index contributed by atoms with van der Waals surface area (Å²) in [5, 5.41) is 26.9. The van der Waals surface area contributed by atoms with Gasteiger partial charge in [-0.25, -0.2) is 15.1 Å². The van der Waals surface area contributed by atoms with Crippen LogP contribution in [-0.4, -0.2) is 51.5 Å². The van der Waals surface area contributed by atoms with E-state index in [4.69, 9.17) is 15.1 Å². The number of phenols is 1. The summed E-state index contributed by atoms with van der Waals surface area (Å²) in [4.78, 5) is 23.3. The van der Waals surface area contributed by atoms with E-state index in [-0.39, 0.29) is 36.3 Å². The lowest BCUT2D eigenvalue weighted by Gasteiger charge is -2.38. The number of hydroxylamine groups is 1. The molecule has 0 bridgehead atoms. The van der Waals surface area contributed by atoms with E-state index in [1.165, 1.54) is 28.6 Å². The number of benzene rings is 1. The van der Waals surface area contributed by atoms with Crippen LogP contribution in [0.3, 0.4) is 0 Å². The van der Waals surface area contributed by atoms with Gasteiger partial charge in [0.2, 0.25) is 0 Å². The van der Waals surface area contributed by atoms with Crippen molar-refractivity contribution in [3.05, 3.63) is 23.8 Å². The number of amides is 2. The van der Waals surface area contributed by atoms with E-state index in [0.29, 0.717) is 0 Å². The molecule has 1 aliphatic heterocycles. The SMILES string of the molecule is O=C(O)c1c(O)cccc1OC1CN(C(=O)NO)C1. The van der Waals surface area contributed by atoms with E-state index in [0.717, 1.165) is 0 Å². The van der Waals surface area contributed by atoms with E-state index < -0.39 is 12.0 Å². The van der Waals surface area contributed by atoms with Crippen molar-refractivity contribution in [2.45, 2.75) is 6.10 Å². The molecular weight excluding hydrogens is 256 g/mol. The van der Waals surface area contributed by atoms with Crippen molar-refractivity contribution >= 4 is 12.0 Å². The van der Waals surface area contributed by atoms with Crippen molar-refractivity contribution in [1.29, 1.82) is 0 Å². The van der Waals surface area contributed by atoms with Gasteiger partial charge in [0.25, 0.3) is 0 Å². The second-order valence-electron chi connectivity index (χ2n) is 4.02. The summed E-state index contributed by atoms with van der Waals surface area (Å²) in [5.74, 6) is -1.63. The number of carbonyl (C=O) groups is 2. The molecule has 1 heterocycles. The van der Waals surface area contributed by atoms with Crippen molar-refractivity contribution < 1.29 is 29.7 Å². The average molecular weight is 268 g/mol. The average Bonchev–Trinajstić information content (AvgIpc) is 2.31. The van der Waals surface area contributed by atoms with Gasteiger partial charge in [0.1, 0.15) is 23.2 Å². The molecule has 1 aliphatic rings. The monoisotopic (exact) mass is 268 g/mol. The number of aromatic hydroxyl groups is 1. The molecule has 4 N–H and O–H groups in total. The maximum Gasteiger partial charge on any atom is 0.343 e. The van der Waals surface area contributed by atoms with Crippen molar-refractivity contribution in [3.8, 4) is 11.5 Å². The van der Waals surface area contributed by atoms with Crippen LogP contribution < -0.4 is 10.2 Å². The molecule has 0 saturated carbocycles. The lowest BCUT2D eigenvalue weighted by Crippen LogP contribution is -2.58. The summed E-state index contributed by atoms with van der Waals surface area (Å²) in [6.45, 7) is 0.447. The van der Waals surface area contributed by atoms with Gasteiger partial charge in [-0.3, -0.25) is 5.21 Å². The molecule has 102 valence electrons. The third-order valence-electron chi connectivity index (χ3n) is 2.74. The van der Waals surface area contributed by atoms with Crippen molar-refractivity contribution in [2.24, 2.45) is 0 Å². The van der Waals surface area contributed by atoms with Gasteiger partial charge in [-0.15, -0.1) is 0 Å². The molecule has 0 unspecified atom stereocenters. The number of likely N-dealkylation sites (tertiary alicyclic amines) is 1. The van der Waals surface area contributed by atoms with Crippen LogP contribution in [0.5, 0.6) is 11.5 Å². The Labute approximate surface area is 107 Å². The van der Waals surface area contributed by atoms with Gasteiger partial charge < -0.3 is 19.8 Å². The van der Waals surface area contributed by atoms with Gasteiger partial charge >= 0.3 is 12.0 Å². The molecule has 2 amide bonds. The highest BCUT2D eigenvalue weighted by Crippen LogP contribution is 2.29. The van der Waals surface area contributed by atoms with Crippen LogP contribution in [-0.2, 0) is 0 Å². The number of carbonyl (C=O) groups excluding carboxylic acids is 1. The Kier molecular flexibility index (Phi) is 3.43. The minimum atomic E-state index is -1.29. The summed E-state index contributed by atoms with van der Waals surface area (Å²) >= 11 is 0. The zero-order valence-corrected chi connectivity index (χ0v) is 9.74. The zero-order valence-electron chi connectivity index (χ0n) is 9.74. The molecule has 0 atom stereocenters. The third kappa shape index (κ3) is 2.52. The van der Waals surface area contributed by atoms with Gasteiger partial charge in [-0.1, -0.05) is 6.07 Å². The van der Waals surface area contributed by atoms with E-state index in [1.807, 2.05) is 0 Å². The predicted octanol–water partition coefficient (Wildman–Crippen LogP) is 0.252. The molecule has 0 aliphatic carbocycles. The van der Waals surface area contributed by atoms with E-state index in [2.05, 4.69) is 0 Å². The van der Waals surface area contributed by atoms with E-state index >= 15 is 0 Å². The fourth-order valence-electron chi connectivity index (χ4n) is 1.76. The number of hydrogen-bond donors (Lipinski definition) is 4. The Morgan fingerprint density at radius 1 is 1.37 bits per heavy atom. The molecular formula is C11H12N2O6. The molecule has 1 fully saturated rings. The minimum Gasteiger partial charge on any atom is -0.507 e. The predicted molar refractivity (Wildman–Crippen MR) is 61.4 cm³/mol. The Morgan fingerprint density at radius 3 is 2.63 bits per heavy atom. The lowest BCUT2D eigenvalue weighted by molar-refractivity contribution is 0.0282. The lowest BCUT2D eigenvalue weighted by atomic mass is 10.1. The van der Waals surface area contributed by atoms with Crippen LogP contribution in [0.1, 0.15) is 10.4 Å². The fourth-order valence-corrected chi connectivity index (χ4v) is 1.76. The number of rotatable bonds is 3. The van der Waals surface area contributed by atoms with Crippen LogP contribution >= 0.6 is 0 Å². The molecule has 19 heavy (non-hydrogen) atoms. The number of aromatic carboxylic acids is 1. The standard InChI is InChI=1S/C11H12N2O6/c14-7-2-1-3-8(9(7)10(15)16)19-6-4-13(5-6)11(17)12-18/h1-3,6,14,18H,4-5H2,(H,12,17)(H,15,16). The summed E-state index contributed by atoms with van der Waals surface area (Å²) < 4.78 is 5.40. The van der Waals surface area contributed by atoms with Gasteiger partial charge in [-0.2, -0.15) is 0 Å². The highest BCUT2D eigenvalue weighted by atomic mass is 16.5. The highest BCUT2D eigenvalue weighted by molar-refractivity contribution is 5.94. The normalized spacial score (nSPS) is 14.7. The summed E-state index contributed by atoms with van der Waals surface area (Å²) in [6, 6.07) is 3.50. The van der Waals surface area contributed by atoms with E-state index in [9.17, 15) is 14.7 Å². The topological polar surface area (TPSA) is 119 Å². The van der Waals surface area contributed by atoms with Gasteiger partial charge in [0, 0.05) is 0 Å². The van der Waals surface area contributed by atoms with Crippen LogP contribution in [0.25, 0.3) is 0 Å². The Bertz CT molecular complexity index is 512. The van der Waals surface area contributed by atoms with Crippen LogP contribution in [0.4, 0.5) is 4.79 Å². The van der Waals surface area contributed by atoms with Gasteiger partial charge in [0.15, 0.2) is 0 Å². The Morgan fingerprint density at radius 2 is 2.05 bits per heavy atom. The highest BCUT2D eigenvalue weighted by Gasteiger charge is 2.33. The first-order valence-electron chi connectivity index (χ1n) is 5.44. The Balaban J connectivity index is 2.04. The molecule has 2 rings (SSSR count). The van der Waals surface area contributed by atoms with Gasteiger partial charge in [-0.05, 0) is 12.1 Å². The van der Waals surface area contributed by atoms with Gasteiger partial charge in [0.05, 0.1) is 13.1 Å². The summed E-state index contributed by atoms with van der Waals surface area (Å²) in [5.41, 5.74) is 1.17. The summed E-state index contributed by atoms with van der Waals surface area (Å²) in [6.07, 6.45) is -0.378. The number of carboxylic acids is 1. The molecule has 0 spiro atoms. The van der Waals surface area contributed by atoms with Crippen molar-refractivity contribution in [1.82, 2.24) is 10.4 Å². The molecule has 1 aromatic carbocycles. The zero-order chi connectivity index (χ0) is 14.0. The second kappa shape index (κ2) is 5.02. The number of ether oxygens (including phenoxy) is 1. The Hall–Kier alpha value is -2.48. The van der Waals surface area contributed by atoms with Crippen molar-refractivity contribution in [3.63, 3.8) is 0 Å². The maximum absolute atomic E-state index is 11.0. The molecule has 8 nitrogen and oxygen atoms in total. The number of hydrogen-bond acceptors (Lipinski definition) is 5.